The SMILES string of the molecule is COc1ccc(CC(=O)Nc2c3c(nn2-c2ccccc2C)CSC3)cc1. The van der Waals surface area contributed by atoms with Gasteiger partial charge in [-0.15, -0.1) is 0 Å². The van der Waals surface area contributed by atoms with Gasteiger partial charge in [0.15, 0.2) is 0 Å². The summed E-state index contributed by atoms with van der Waals surface area (Å²) in [6.45, 7) is 2.06. The molecule has 27 heavy (non-hydrogen) atoms. The predicted molar refractivity (Wildman–Crippen MR) is 109 cm³/mol. The molecule has 1 N–H and O–H groups in total. The van der Waals surface area contributed by atoms with Crippen LogP contribution in [0.5, 0.6) is 5.75 Å². The molecule has 2 heterocycles. The van der Waals surface area contributed by atoms with Crippen molar-refractivity contribution in [3.05, 3.63) is 70.9 Å². The maximum atomic E-state index is 12.7. The van der Waals surface area contributed by atoms with E-state index in [1.54, 1.807) is 7.11 Å². The summed E-state index contributed by atoms with van der Waals surface area (Å²) in [6, 6.07) is 15.7. The van der Waals surface area contributed by atoms with Gasteiger partial charge in [-0.05, 0) is 36.2 Å². The highest BCUT2D eigenvalue weighted by Crippen LogP contribution is 2.36. The molecule has 1 aromatic heterocycles. The molecule has 0 atom stereocenters. The number of aromatic nitrogens is 2. The summed E-state index contributed by atoms with van der Waals surface area (Å²) >= 11 is 1.83. The summed E-state index contributed by atoms with van der Waals surface area (Å²) in [5.74, 6) is 3.29. The van der Waals surface area contributed by atoms with Crippen molar-refractivity contribution in [2.45, 2.75) is 24.9 Å². The van der Waals surface area contributed by atoms with Crippen LogP contribution in [0.15, 0.2) is 48.5 Å². The number of benzene rings is 2. The van der Waals surface area contributed by atoms with Crippen LogP contribution in [0.25, 0.3) is 5.69 Å². The molecule has 0 unspecified atom stereocenters. The predicted octanol–water partition coefficient (Wildman–Crippen LogP) is 4.12. The maximum absolute atomic E-state index is 12.7. The zero-order valence-corrected chi connectivity index (χ0v) is 16.2. The van der Waals surface area contributed by atoms with Crippen molar-refractivity contribution in [1.29, 1.82) is 0 Å². The van der Waals surface area contributed by atoms with Gasteiger partial charge in [0.2, 0.25) is 5.91 Å². The Labute approximate surface area is 162 Å². The number of carbonyl (C=O) groups is 1. The number of hydrogen-bond acceptors (Lipinski definition) is 4. The van der Waals surface area contributed by atoms with Crippen molar-refractivity contribution in [3.63, 3.8) is 0 Å². The van der Waals surface area contributed by atoms with Gasteiger partial charge in [-0.3, -0.25) is 4.79 Å². The van der Waals surface area contributed by atoms with Crippen LogP contribution in [0.2, 0.25) is 0 Å². The lowest BCUT2D eigenvalue weighted by molar-refractivity contribution is -0.115. The lowest BCUT2D eigenvalue weighted by Crippen LogP contribution is -2.18. The van der Waals surface area contributed by atoms with Crippen LogP contribution in [-0.4, -0.2) is 22.8 Å². The number of rotatable bonds is 5. The standard InChI is InChI=1S/C21H21N3O2S/c1-14-5-3-4-6-19(14)24-21(17-12-27-13-18(17)23-24)22-20(25)11-15-7-9-16(26-2)10-8-15/h3-10H,11-13H2,1-2H3,(H,22,25). The van der Waals surface area contributed by atoms with Crippen molar-refractivity contribution >= 4 is 23.5 Å². The van der Waals surface area contributed by atoms with Gasteiger partial charge in [0.25, 0.3) is 0 Å². The highest BCUT2D eigenvalue weighted by atomic mass is 32.2. The van der Waals surface area contributed by atoms with Gasteiger partial charge >= 0.3 is 0 Å². The zero-order chi connectivity index (χ0) is 18.8. The number of amides is 1. The van der Waals surface area contributed by atoms with Crippen LogP contribution in [0, 0.1) is 6.92 Å². The molecule has 0 saturated heterocycles. The van der Waals surface area contributed by atoms with E-state index >= 15 is 0 Å². The number of nitrogens with zero attached hydrogens (tertiary/aromatic N) is 2. The first-order chi connectivity index (χ1) is 13.2. The Bertz CT molecular complexity index is 980. The molecule has 5 nitrogen and oxygen atoms in total. The summed E-state index contributed by atoms with van der Waals surface area (Å²) in [5.41, 5.74) is 5.25. The topological polar surface area (TPSA) is 56.1 Å². The molecule has 0 spiro atoms. The van der Waals surface area contributed by atoms with E-state index in [1.807, 2.05) is 58.9 Å². The van der Waals surface area contributed by atoms with Gasteiger partial charge in [-0.1, -0.05) is 30.3 Å². The smallest absolute Gasteiger partial charge is 0.229 e. The van der Waals surface area contributed by atoms with Crippen molar-refractivity contribution in [2.24, 2.45) is 0 Å². The molecular weight excluding hydrogens is 358 g/mol. The first kappa shape index (κ1) is 17.7. The minimum absolute atomic E-state index is 0.0467. The fraction of sp³-hybridized carbons (Fsp3) is 0.238. The number of nitrogens with one attached hydrogen (secondary N) is 1. The average Bonchev–Trinajstić information content (AvgIpc) is 3.25. The minimum atomic E-state index is -0.0467. The second kappa shape index (κ2) is 7.48. The molecule has 0 saturated carbocycles. The molecule has 2 aromatic carbocycles. The zero-order valence-electron chi connectivity index (χ0n) is 15.4. The van der Waals surface area contributed by atoms with Crippen LogP contribution in [0.1, 0.15) is 22.4 Å². The van der Waals surface area contributed by atoms with Crippen LogP contribution in [0.4, 0.5) is 5.82 Å². The number of methoxy groups -OCH3 is 1. The van der Waals surface area contributed by atoms with Gasteiger partial charge in [-0.2, -0.15) is 16.9 Å². The molecule has 6 heteroatoms. The number of anilines is 1. The largest absolute Gasteiger partial charge is 0.497 e. The lowest BCUT2D eigenvalue weighted by atomic mass is 10.1. The molecule has 1 aliphatic rings. The van der Waals surface area contributed by atoms with Gasteiger partial charge in [-0.25, -0.2) is 4.68 Å². The van der Waals surface area contributed by atoms with Crippen molar-refractivity contribution in [2.75, 3.05) is 12.4 Å². The molecule has 1 aliphatic heterocycles. The molecule has 0 aliphatic carbocycles. The molecular formula is C21H21N3O2S. The van der Waals surface area contributed by atoms with Gasteiger partial charge in [0.05, 0.1) is 24.9 Å². The van der Waals surface area contributed by atoms with E-state index in [0.717, 1.165) is 51.1 Å². The highest BCUT2D eigenvalue weighted by molar-refractivity contribution is 7.98. The van der Waals surface area contributed by atoms with Crippen LogP contribution < -0.4 is 10.1 Å². The third-order valence-electron chi connectivity index (χ3n) is 4.68. The van der Waals surface area contributed by atoms with E-state index in [4.69, 9.17) is 9.84 Å². The molecule has 1 amide bonds. The Hall–Kier alpha value is -2.73. The summed E-state index contributed by atoms with van der Waals surface area (Å²) in [6.07, 6.45) is 0.310. The van der Waals surface area contributed by atoms with E-state index in [1.165, 1.54) is 0 Å². The number of carbonyl (C=O) groups excluding carboxylic acids is 1. The summed E-state index contributed by atoms with van der Waals surface area (Å²) in [5, 5.41) is 7.88. The van der Waals surface area contributed by atoms with Crippen LogP contribution in [0.3, 0.4) is 0 Å². The highest BCUT2D eigenvalue weighted by Gasteiger charge is 2.25. The normalized spacial score (nSPS) is 12.7. The van der Waals surface area contributed by atoms with E-state index in [2.05, 4.69) is 18.3 Å². The van der Waals surface area contributed by atoms with Crippen molar-refractivity contribution in [3.8, 4) is 11.4 Å². The monoisotopic (exact) mass is 379 g/mol. The summed E-state index contributed by atoms with van der Waals surface area (Å²) in [4.78, 5) is 12.7. The van der Waals surface area contributed by atoms with Crippen LogP contribution >= 0.6 is 11.8 Å². The van der Waals surface area contributed by atoms with E-state index in [9.17, 15) is 4.79 Å². The van der Waals surface area contributed by atoms with Crippen LogP contribution in [-0.2, 0) is 22.7 Å². The number of fused-ring (bicyclic) bond motifs is 1. The van der Waals surface area contributed by atoms with Gasteiger partial charge in [0, 0.05) is 17.1 Å². The quantitative estimate of drug-likeness (QED) is 0.725. The molecule has 4 rings (SSSR count). The Morgan fingerprint density at radius 1 is 1.19 bits per heavy atom. The molecule has 0 fully saturated rings. The number of hydrogen-bond donors (Lipinski definition) is 1. The van der Waals surface area contributed by atoms with Gasteiger partial charge < -0.3 is 10.1 Å². The third-order valence-corrected chi connectivity index (χ3v) is 5.65. The molecule has 3 aromatic rings. The van der Waals surface area contributed by atoms with Gasteiger partial charge in [0.1, 0.15) is 11.6 Å². The van der Waals surface area contributed by atoms with E-state index in [0.29, 0.717) is 6.42 Å². The summed E-state index contributed by atoms with van der Waals surface area (Å²) < 4.78 is 7.05. The fourth-order valence-electron chi connectivity index (χ4n) is 3.22. The average molecular weight is 379 g/mol. The minimum Gasteiger partial charge on any atom is -0.497 e. The van der Waals surface area contributed by atoms with E-state index in [-0.39, 0.29) is 5.91 Å². The lowest BCUT2D eigenvalue weighted by Gasteiger charge is -2.13. The third kappa shape index (κ3) is 3.57. The number of para-hydroxylation sites is 1. The fourth-order valence-corrected chi connectivity index (χ4v) is 4.26. The Morgan fingerprint density at radius 3 is 2.70 bits per heavy atom. The number of aryl methyl sites for hydroxylation is 1. The molecule has 138 valence electrons. The first-order valence-corrected chi connectivity index (χ1v) is 9.98. The number of ether oxygens (including phenoxy) is 1. The Kier molecular flexibility index (Phi) is 4.90. The Morgan fingerprint density at radius 2 is 1.96 bits per heavy atom. The second-order valence-corrected chi connectivity index (χ2v) is 7.52. The molecule has 0 radical (unpaired) electrons. The second-order valence-electron chi connectivity index (χ2n) is 6.54. The summed E-state index contributed by atoms with van der Waals surface area (Å²) in [7, 11) is 1.63. The Balaban J connectivity index is 1.61. The maximum Gasteiger partial charge on any atom is 0.229 e. The molecule has 0 bridgehead atoms. The first-order valence-electron chi connectivity index (χ1n) is 8.83. The number of thioether (sulfide) groups is 1. The van der Waals surface area contributed by atoms with Crippen molar-refractivity contribution in [1.82, 2.24) is 9.78 Å². The van der Waals surface area contributed by atoms with E-state index < -0.39 is 0 Å². The van der Waals surface area contributed by atoms with Crippen molar-refractivity contribution < 1.29 is 9.53 Å².